The third kappa shape index (κ3) is 1.51. The van der Waals surface area contributed by atoms with Crippen LogP contribution in [0.25, 0.3) is 10.8 Å². The van der Waals surface area contributed by atoms with Crippen LogP contribution in [0.4, 0.5) is 0 Å². The summed E-state index contributed by atoms with van der Waals surface area (Å²) in [6.45, 7) is 3.73. The summed E-state index contributed by atoms with van der Waals surface area (Å²) in [5.74, 6) is 0. The highest BCUT2D eigenvalue weighted by molar-refractivity contribution is 7.80. The predicted octanol–water partition coefficient (Wildman–Crippen LogP) is 4.12. The van der Waals surface area contributed by atoms with Gasteiger partial charge in [-0.2, -0.15) is 0 Å². The molecule has 0 amide bonds. The molecule has 14 heavy (non-hydrogen) atoms. The molecule has 0 saturated carbocycles. The van der Waals surface area contributed by atoms with E-state index in [2.05, 4.69) is 30.8 Å². The van der Waals surface area contributed by atoms with Gasteiger partial charge in [0.15, 0.2) is 0 Å². The SMILES string of the molecule is C=CCc1ccc2ccccc2c1[S]. The van der Waals surface area contributed by atoms with Crippen molar-refractivity contribution in [1.82, 2.24) is 0 Å². The minimum atomic E-state index is 0.851. The van der Waals surface area contributed by atoms with E-state index in [1.165, 1.54) is 16.3 Å². The van der Waals surface area contributed by atoms with Crippen LogP contribution < -0.4 is 0 Å². The summed E-state index contributed by atoms with van der Waals surface area (Å²) in [5.41, 5.74) is 1.19. The van der Waals surface area contributed by atoms with Crippen LogP contribution in [0, 0.1) is 0 Å². The molecule has 0 nitrogen and oxygen atoms in total. The second-order valence-corrected chi connectivity index (χ2v) is 3.68. The van der Waals surface area contributed by atoms with Crippen molar-refractivity contribution in [2.45, 2.75) is 11.3 Å². The Bertz CT molecular complexity index is 472. The number of hydrogen-bond donors (Lipinski definition) is 0. The van der Waals surface area contributed by atoms with Gasteiger partial charge in [0.1, 0.15) is 0 Å². The first-order chi connectivity index (χ1) is 6.83. The first-order valence-electron chi connectivity index (χ1n) is 4.61. The molecule has 2 aromatic carbocycles. The van der Waals surface area contributed by atoms with Gasteiger partial charge in [0.05, 0.1) is 0 Å². The zero-order valence-electron chi connectivity index (χ0n) is 7.86. The molecule has 0 fully saturated rings. The van der Waals surface area contributed by atoms with E-state index in [1.807, 2.05) is 18.2 Å². The van der Waals surface area contributed by atoms with E-state index in [9.17, 15) is 0 Å². The summed E-state index contributed by atoms with van der Waals surface area (Å²) in [6, 6.07) is 12.4. The summed E-state index contributed by atoms with van der Waals surface area (Å²) >= 11 is 5.41. The van der Waals surface area contributed by atoms with Crippen LogP contribution in [0.3, 0.4) is 0 Å². The van der Waals surface area contributed by atoms with E-state index in [0.717, 1.165) is 11.3 Å². The number of benzene rings is 2. The van der Waals surface area contributed by atoms with E-state index in [-0.39, 0.29) is 0 Å². The summed E-state index contributed by atoms with van der Waals surface area (Å²) in [6.07, 6.45) is 2.74. The fourth-order valence-corrected chi connectivity index (χ4v) is 1.94. The number of rotatable bonds is 2. The molecule has 0 bridgehead atoms. The second kappa shape index (κ2) is 3.81. The lowest BCUT2D eigenvalue weighted by atomic mass is 10.0. The lowest BCUT2D eigenvalue weighted by Gasteiger charge is -2.05. The maximum Gasteiger partial charge on any atom is 0.0490 e. The van der Waals surface area contributed by atoms with Crippen LogP contribution >= 0.6 is 12.6 Å². The highest BCUT2D eigenvalue weighted by Crippen LogP contribution is 2.25. The van der Waals surface area contributed by atoms with Gasteiger partial charge in [-0.3, -0.25) is 0 Å². The zero-order chi connectivity index (χ0) is 9.97. The molecule has 2 aromatic rings. The van der Waals surface area contributed by atoms with Crippen molar-refractivity contribution in [3.63, 3.8) is 0 Å². The molecule has 69 valence electrons. The molecular formula is C13H11S. The van der Waals surface area contributed by atoms with Crippen LogP contribution in [-0.2, 0) is 6.42 Å². The van der Waals surface area contributed by atoms with Gasteiger partial charge in [0.2, 0.25) is 0 Å². The molecule has 0 N–H and O–H groups in total. The van der Waals surface area contributed by atoms with E-state index in [1.54, 1.807) is 0 Å². The fraction of sp³-hybridized carbons (Fsp3) is 0.0769. The average Bonchev–Trinajstić information content (AvgIpc) is 2.23. The van der Waals surface area contributed by atoms with E-state index < -0.39 is 0 Å². The Hall–Kier alpha value is -1.34. The van der Waals surface area contributed by atoms with Crippen molar-refractivity contribution in [3.05, 3.63) is 54.6 Å². The molecule has 0 aliphatic heterocycles. The van der Waals surface area contributed by atoms with Gasteiger partial charge in [-0.15, -0.1) is 6.58 Å². The lowest BCUT2D eigenvalue weighted by molar-refractivity contribution is 1.21. The van der Waals surface area contributed by atoms with Gasteiger partial charge < -0.3 is 0 Å². The van der Waals surface area contributed by atoms with Gasteiger partial charge in [-0.05, 0) is 17.4 Å². The average molecular weight is 199 g/mol. The van der Waals surface area contributed by atoms with Gasteiger partial charge in [-0.1, -0.05) is 55.1 Å². The first-order valence-corrected chi connectivity index (χ1v) is 5.02. The summed E-state index contributed by atoms with van der Waals surface area (Å²) in [5, 5.41) is 2.38. The van der Waals surface area contributed by atoms with Gasteiger partial charge in [0.25, 0.3) is 0 Å². The summed E-state index contributed by atoms with van der Waals surface area (Å²) in [7, 11) is 0. The van der Waals surface area contributed by atoms with Crippen molar-refractivity contribution in [2.75, 3.05) is 0 Å². The van der Waals surface area contributed by atoms with Crippen LogP contribution in [0.1, 0.15) is 5.56 Å². The topological polar surface area (TPSA) is 0 Å². The third-order valence-corrected chi connectivity index (χ3v) is 2.81. The molecule has 2 rings (SSSR count). The third-order valence-electron chi connectivity index (χ3n) is 2.33. The monoisotopic (exact) mass is 199 g/mol. The minimum Gasteiger partial charge on any atom is -0.103 e. The number of allylic oxidation sites excluding steroid dienone is 1. The maximum atomic E-state index is 5.41. The van der Waals surface area contributed by atoms with Gasteiger partial charge >= 0.3 is 0 Å². The molecule has 0 saturated heterocycles. The van der Waals surface area contributed by atoms with Crippen molar-refractivity contribution >= 4 is 23.4 Å². The molecule has 0 atom stereocenters. The highest BCUT2D eigenvalue weighted by atomic mass is 32.1. The highest BCUT2D eigenvalue weighted by Gasteiger charge is 2.02. The van der Waals surface area contributed by atoms with Crippen molar-refractivity contribution in [2.24, 2.45) is 0 Å². The molecule has 0 aliphatic rings. The Morgan fingerprint density at radius 2 is 1.93 bits per heavy atom. The summed E-state index contributed by atoms with van der Waals surface area (Å²) < 4.78 is 0. The molecule has 1 heteroatoms. The first kappa shape index (κ1) is 9.22. The quantitative estimate of drug-likeness (QED) is 0.638. The Kier molecular flexibility index (Phi) is 2.51. The number of hydrogen-bond acceptors (Lipinski definition) is 0. The molecule has 0 aromatic heterocycles. The Labute approximate surface area is 89.7 Å². The second-order valence-electron chi connectivity index (χ2n) is 3.27. The van der Waals surface area contributed by atoms with Crippen LogP contribution in [0.15, 0.2) is 53.9 Å². The number of fused-ring (bicyclic) bond motifs is 1. The molecule has 0 aliphatic carbocycles. The standard InChI is InChI=1S/C13H11S/c1-2-5-11-9-8-10-6-3-4-7-12(10)13(11)14/h2-4,6-9H,1,5H2. The molecular weight excluding hydrogens is 188 g/mol. The molecule has 1 radical (unpaired) electrons. The van der Waals surface area contributed by atoms with E-state index >= 15 is 0 Å². The van der Waals surface area contributed by atoms with E-state index in [4.69, 9.17) is 12.6 Å². The van der Waals surface area contributed by atoms with Crippen molar-refractivity contribution in [3.8, 4) is 0 Å². The fourth-order valence-electron chi connectivity index (χ4n) is 1.60. The minimum absolute atomic E-state index is 0.851. The molecule has 0 spiro atoms. The molecule has 0 heterocycles. The molecule has 0 unspecified atom stereocenters. The van der Waals surface area contributed by atoms with Gasteiger partial charge in [-0.25, -0.2) is 0 Å². The smallest absolute Gasteiger partial charge is 0.0490 e. The van der Waals surface area contributed by atoms with Crippen LogP contribution in [-0.4, -0.2) is 0 Å². The predicted molar refractivity (Wildman–Crippen MR) is 63.7 cm³/mol. The maximum absolute atomic E-state index is 5.41. The lowest BCUT2D eigenvalue weighted by Crippen LogP contribution is -1.85. The summed E-state index contributed by atoms with van der Waals surface area (Å²) in [4.78, 5) is 0.961. The van der Waals surface area contributed by atoms with Gasteiger partial charge in [0, 0.05) is 10.3 Å². The van der Waals surface area contributed by atoms with Crippen molar-refractivity contribution < 1.29 is 0 Å². The van der Waals surface area contributed by atoms with E-state index in [0.29, 0.717) is 0 Å². The van der Waals surface area contributed by atoms with Crippen molar-refractivity contribution in [1.29, 1.82) is 0 Å². The van der Waals surface area contributed by atoms with Crippen LogP contribution in [0.2, 0.25) is 0 Å². The normalized spacial score (nSPS) is 10.3. The largest absolute Gasteiger partial charge is 0.103 e. The Balaban J connectivity index is 2.68. The van der Waals surface area contributed by atoms with Crippen LogP contribution in [0.5, 0.6) is 0 Å². The zero-order valence-corrected chi connectivity index (χ0v) is 8.68. The Morgan fingerprint density at radius 1 is 1.14 bits per heavy atom. The Morgan fingerprint density at radius 3 is 2.71 bits per heavy atom.